The molecule has 14 nitrogen and oxygen atoms in total. The number of aromatic nitrogens is 4. The molecule has 2 amide bonds. The molecule has 18 heteroatoms. The number of Topliss-reactive ketones (excluding diaryl/α,β-unsaturated/α-hetero) is 1. The molecule has 2 heterocycles. The van der Waals surface area contributed by atoms with Gasteiger partial charge in [0.15, 0.2) is 6.61 Å². The number of hydrogen-bond donors (Lipinski definition) is 5. The number of aryl methyl sites for hydroxylation is 1. The summed E-state index contributed by atoms with van der Waals surface area (Å²) in [6, 6.07) is 16.2. The third-order valence-corrected chi connectivity index (χ3v) is 8.27. The maximum Gasteiger partial charge on any atom is 0.422 e. The van der Waals surface area contributed by atoms with E-state index in [9.17, 15) is 37.5 Å². The fourth-order valence-electron chi connectivity index (χ4n) is 5.12. The molecule has 0 aliphatic heterocycles. The van der Waals surface area contributed by atoms with Crippen molar-refractivity contribution in [2.24, 2.45) is 0 Å². The number of ketones is 1. The van der Waals surface area contributed by atoms with Crippen molar-refractivity contribution in [1.82, 2.24) is 30.6 Å². The highest BCUT2D eigenvalue weighted by atomic mass is 35.5. The smallest absolute Gasteiger partial charge is 0.422 e. The lowest BCUT2D eigenvalue weighted by Crippen LogP contribution is -2.43. The summed E-state index contributed by atoms with van der Waals surface area (Å²) in [6.07, 6.45) is -0.853. The molecule has 5 rings (SSSR count). The maximum absolute atomic E-state index is 12.9. The van der Waals surface area contributed by atoms with E-state index >= 15 is 0 Å². The van der Waals surface area contributed by atoms with Gasteiger partial charge in [-0.1, -0.05) is 29.8 Å². The number of hydrogen-bond acceptors (Lipinski definition) is 11. The third kappa shape index (κ3) is 11.6. The Bertz CT molecular complexity index is 1910. The lowest BCUT2D eigenvalue weighted by atomic mass is 10.1. The quantitative estimate of drug-likeness (QED) is 0.0855. The summed E-state index contributed by atoms with van der Waals surface area (Å²) in [6.45, 7) is -1.81. The number of carbonyl (C=O) groups excluding carboxylic acids is 3. The van der Waals surface area contributed by atoms with Crippen LogP contribution in [-0.2, 0) is 26.3 Å². The lowest BCUT2D eigenvalue weighted by molar-refractivity contribution is -0.154. The van der Waals surface area contributed by atoms with Crippen LogP contribution < -0.4 is 26.0 Å². The van der Waals surface area contributed by atoms with Crippen molar-refractivity contribution in [2.75, 3.05) is 23.8 Å². The van der Waals surface area contributed by atoms with Gasteiger partial charge in [0.2, 0.25) is 17.7 Å². The topological polar surface area (TPSA) is 197 Å². The van der Waals surface area contributed by atoms with E-state index in [2.05, 4.69) is 41.2 Å². The standard InChI is InChI=1S/C35H34ClF3N8O6/c36-23-11-9-22(10-12-23)34(16-17-34)47-32-44-31(45-33(46-32)53-20-35(37,38)39)42-25-13-7-21(8-14-25)28(49)43-26(30(51)52)15-19-41-29(50)27(48)6-3-5-24-4-1-2-18-40-24/h1-2,4,7-14,18,26H,3,5-6,15-17,19-20H2,(H,41,50)(H,43,49)(H,51,52)(H2,42,44,45,46,47)/t26-/m0/s1. The zero-order valence-corrected chi connectivity index (χ0v) is 28.7. The molecule has 1 saturated carbocycles. The van der Waals surface area contributed by atoms with Gasteiger partial charge in [0.1, 0.15) is 6.04 Å². The Morgan fingerprint density at radius 2 is 1.66 bits per heavy atom. The van der Waals surface area contributed by atoms with Crippen molar-refractivity contribution in [3.05, 3.63) is 94.8 Å². The van der Waals surface area contributed by atoms with Gasteiger partial charge in [0, 0.05) is 41.1 Å². The molecule has 2 aromatic carbocycles. The summed E-state index contributed by atoms with van der Waals surface area (Å²) in [7, 11) is 0. The number of aliphatic carboxylic acids is 1. The summed E-state index contributed by atoms with van der Waals surface area (Å²) in [5.74, 6) is -3.76. The van der Waals surface area contributed by atoms with E-state index in [-0.39, 0.29) is 36.8 Å². The van der Waals surface area contributed by atoms with E-state index in [0.29, 0.717) is 36.4 Å². The van der Waals surface area contributed by atoms with Crippen LogP contribution in [0.4, 0.5) is 30.8 Å². The number of halogens is 4. The van der Waals surface area contributed by atoms with Crippen molar-refractivity contribution < 1.29 is 42.2 Å². The monoisotopic (exact) mass is 754 g/mol. The predicted octanol–water partition coefficient (Wildman–Crippen LogP) is 4.99. The molecule has 53 heavy (non-hydrogen) atoms. The average molecular weight is 755 g/mol. The zero-order chi connectivity index (χ0) is 38.0. The summed E-state index contributed by atoms with van der Waals surface area (Å²) < 4.78 is 43.6. The summed E-state index contributed by atoms with van der Waals surface area (Å²) in [5.41, 5.74) is 1.54. The fraction of sp³-hybridized carbons (Fsp3) is 0.314. The molecule has 278 valence electrons. The zero-order valence-electron chi connectivity index (χ0n) is 28.0. The van der Waals surface area contributed by atoms with Crippen LogP contribution in [0.2, 0.25) is 5.02 Å². The molecule has 1 fully saturated rings. The first-order valence-electron chi connectivity index (χ1n) is 16.4. The van der Waals surface area contributed by atoms with Crippen LogP contribution >= 0.6 is 11.6 Å². The Morgan fingerprint density at radius 1 is 0.943 bits per heavy atom. The minimum Gasteiger partial charge on any atom is -0.480 e. The molecule has 4 aromatic rings. The largest absolute Gasteiger partial charge is 0.480 e. The maximum atomic E-state index is 12.9. The highest BCUT2D eigenvalue weighted by molar-refractivity contribution is 6.36. The van der Waals surface area contributed by atoms with Gasteiger partial charge in [-0.2, -0.15) is 28.1 Å². The Kier molecular flexibility index (Phi) is 12.4. The molecular formula is C35H34ClF3N8O6. The number of nitrogens with one attached hydrogen (secondary N) is 4. The Morgan fingerprint density at radius 3 is 2.30 bits per heavy atom. The molecule has 5 N–H and O–H groups in total. The molecule has 1 atom stereocenters. The number of rotatable bonds is 18. The number of benzene rings is 2. The van der Waals surface area contributed by atoms with Crippen molar-refractivity contribution in [1.29, 1.82) is 0 Å². The number of alkyl halides is 3. The van der Waals surface area contributed by atoms with E-state index in [1.165, 1.54) is 24.3 Å². The summed E-state index contributed by atoms with van der Waals surface area (Å²) >= 11 is 6.02. The first-order chi connectivity index (χ1) is 25.3. The van der Waals surface area contributed by atoms with Gasteiger partial charge in [-0.25, -0.2) is 4.79 Å². The Balaban J connectivity index is 1.16. The van der Waals surface area contributed by atoms with Gasteiger partial charge in [-0.3, -0.25) is 19.4 Å². The number of carbonyl (C=O) groups is 4. The number of nitrogens with zero attached hydrogens (tertiary/aromatic N) is 4. The van der Waals surface area contributed by atoms with E-state index in [0.717, 1.165) is 11.3 Å². The molecule has 0 bridgehead atoms. The molecule has 1 aliphatic rings. The van der Waals surface area contributed by atoms with E-state index < -0.39 is 53.9 Å². The van der Waals surface area contributed by atoms with Crippen LogP contribution in [0.3, 0.4) is 0 Å². The number of carboxylic acids is 1. The average Bonchev–Trinajstić information content (AvgIpc) is 3.91. The minimum atomic E-state index is -4.64. The Labute approximate surface area is 306 Å². The van der Waals surface area contributed by atoms with Gasteiger partial charge < -0.3 is 31.1 Å². The predicted molar refractivity (Wildman–Crippen MR) is 186 cm³/mol. The SMILES string of the molecule is O=C(CCCc1ccccn1)C(=O)NCC[C@H](NC(=O)c1ccc(Nc2nc(NC3(c4ccc(Cl)cc4)CC3)nc(OCC(F)(F)F)n2)cc1)C(=O)O. The second-order valence-corrected chi connectivity index (χ2v) is 12.5. The van der Waals surface area contributed by atoms with Crippen molar-refractivity contribution >= 4 is 52.8 Å². The van der Waals surface area contributed by atoms with Gasteiger partial charge in [0.25, 0.3) is 11.8 Å². The Hall–Kier alpha value is -5.84. The first-order valence-corrected chi connectivity index (χ1v) is 16.8. The lowest BCUT2D eigenvalue weighted by Gasteiger charge is -2.19. The van der Waals surface area contributed by atoms with Crippen LogP contribution in [0.25, 0.3) is 0 Å². The second kappa shape index (κ2) is 17.1. The molecule has 2 aromatic heterocycles. The highest BCUT2D eigenvalue weighted by Gasteiger charge is 2.45. The van der Waals surface area contributed by atoms with E-state index in [4.69, 9.17) is 16.3 Å². The van der Waals surface area contributed by atoms with Crippen molar-refractivity contribution in [2.45, 2.75) is 56.3 Å². The number of ether oxygens (including phenoxy) is 1. The molecule has 0 saturated heterocycles. The van der Waals surface area contributed by atoms with Gasteiger partial charge >= 0.3 is 18.2 Å². The highest BCUT2D eigenvalue weighted by Crippen LogP contribution is 2.48. The number of amides is 2. The van der Waals surface area contributed by atoms with Crippen molar-refractivity contribution in [3.63, 3.8) is 0 Å². The van der Waals surface area contributed by atoms with Gasteiger partial charge in [-0.05, 0) is 86.2 Å². The minimum absolute atomic E-state index is 0.00425. The third-order valence-electron chi connectivity index (χ3n) is 8.02. The molecule has 0 unspecified atom stereocenters. The van der Waals surface area contributed by atoms with Crippen molar-refractivity contribution in [3.8, 4) is 6.01 Å². The summed E-state index contributed by atoms with van der Waals surface area (Å²) in [5, 5.41) is 21.0. The fourth-order valence-corrected chi connectivity index (χ4v) is 5.25. The second-order valence-electron chi connectivity index (χ2n) is 12.1. The van der Waals surface area contributed by atoms with Crippen LogP contribution in [0.15, 0.2) is 72.9 Å². The first kappa shape index (κ1) is 38.4. The van der Waals surface area contributed by atoms with E-state index in [1.54, 1.807) is 24.4 Å². The molecule has 1 aliphatic carbocycles. The van der Waals surface area contributed by atoms with Gasteiger partial charge in [0.05, 0.1) is 5.54 Å². The summed E-state index contributed by atoms with van der Waals surface area (Å²) in [4.78, 5) is 65.5. The molecule has 0 spiro atoms. The van der Waals surface area contributed by atoms with Crippen LogP contribution in [0, 0.1) is 0 Å². The molecular weight excluding hydrogens is 721 g/mol. The number of carboxylic acid groups (broad SMARTS) is 1. The van der Waals surface area contributed by atoms with Crippen LogP contribution in [0.5, 0.6) is 6.01 Å². The van der Waals surface area contributed by atoms with Crippen LogP contribution in [-0.4, -0.2) is 74.0 Å². The van der Waals surface area contributed by atoms with Crippen LogP contribution in [0.1, 0.15) is 53.7 Å². The normalized spacial score (nSPS) is 13.7. The number of pyridine rings is 1. The van der Waals surface area contributed by atoms with Gasteiger partial charge in [-0.15, -0.1) is 0 Å². The number of anilines is 3. The molecule has 0 radical (unpaired) electrons. The van der Waals surface area contributed by atoms with E-state index in [1.807, 2.05) is 24.3 Å².